The summed E-state index contributed by atoms with van der Waals surface area (Å²) in [4.78, 5) is 12.2. The summed E-state index contributed by atoms with van der Waals surface area (Å²) in [7, 11) is 0. The molecule has 0 amide bonds. The van der Waals surface area contributed by atoms with Crippen LogP contribution < -0.4 is 9.47 Å². The molecule has 0 heterocycles. The fourth-order valence-electron chi connectivity index (χ4n) is 2.54. The van der Waals surface area contributed by atoms with Gasteiger partial charge in [-0.25, -0.2) is 0 Å². The maximum absolute atomic E-state index is 12.2. The monoisotopic (exact) mass is 379 g/mol. The Bertz CT molecular complexity index is 976. The number of hydrogen-bond acceptors (Lipinski definition) is 4. The van der Waals surface area contributed by atoms with Gasteiger partial charge in [-0.1, -0.05) is 24.3 Å². The number of carbonyl (C=O) groups is 1. The molecule has 0 unspecified atom stereocenters. The highest BCUT2D eigenvalue weighted by Gasteiger charge is 2.09. The van der Waals surface area contributed by atoms with Crippen molar-refractivity contribution >= 4 is 5.78 Å². The van der Waals surface area contributed by atoms with Gasteiger partial charge < -0.3 is 9.47 Å². The Morgan fingerprint density at radius 3 is 1.93 bits per heavy atom. The van der Waals surface area contributed by atoms with E-state index in [0.29, 0.717) is 16.9 Å². The second-order valence-corrected chi connectivity index (χ2v) is 5.83. The van der Waals surface area contributed by atoms with Gasteiger partial charge in [-0.3, -0.25) is 4.79 Å². The highest BCUT2D eigenvalue weighted by molar-refractivity contribution is 5.97. The van der Waals surface area contributed by atoms with Gasteiger partial charge in [-0.2, -0.15) is 14.0 Å². The Kier molecular flexibility index (Phi) is 5.97. The zero-order chi connectivity index (χ0) is 19.9. The van der Waals surface area contributed by atoms with Crippen molar-refractivity contribution in [1.82, 2.24) is 0 Å². The predicted molar refractivity (Wildman–Crippen MR) is 99.5 cm³/mol. The Labute approximate surface area is 160 Å². The molecule has 0 saturated heterocycles. The van der Waals surface area contributed by atoms with E-state index in [2.05, 4.69) is 10.8 Å². The zero-order valence-electron chi connectivity index (χ0n) is 14.6. The minimum absolute atomic E-state index is 0.00846. The Hall–Kier alpha value is -3.72. The fraction of sp³-hybridized carbons (Fsp3) is 0.0909. The lowest BCUT2D eigenvalue weighted by Crippen LogP contribution is -2.11. The van der Waals surface area contributed by atoms with Gasteiger partial charge in [0.2, 0.25) is 0 Å². The average molecular weight is 379 g/mol. The molecule has 0 radical (unpaired) electrons. The molecule has 0 aliphatic carbocycles. The molecule has 0 saturated carbocycles. The third-order valence-electron chi connectivity index (χ3n) is 3.97. The summed E-state index contributed by atoms with van der Waals surface area (Å²) in [5.41, 5.74) is 2.86. The molecule has 0 N–H and O–H groups in total. The molecule has 0 aliphatic heterocycles. The lowest BCUT2D eigenvalue weighted by molar-refractivity contribution is -0.0498. The van der Waals surface area contributed by atoms with Gasteiger partial charge >= 0.3 is 6.61 Å². The topological polar surface area (TPSA) is 59.3 Å². The van der Waals surface area contributed by atoms with Gasteiger partial charge in [0.1, 0.15) is 11.5 Å². The smallest absolute Gasteiger partial charge is 0.387 e. The normalized spacial score (nSPS) is 10.4. The zero-order valence-corrected chi connectivity index (χ0v) is 14.6. The number of nitrogens with zero attached hydrogens (tertiary/aromatic N) is 1. The van der Waals surface area contributed by atoms with Crippen LogP contribution in [0.1, 0.15) is 15.9 Å². The number of benzene rings is 3. The van der Waals surface area contributed by atoms with Gasteiger partial charge in [0, 0.05) is 5.56 Å². The van der Waals surface area contributed by atoms with Crippen molar-refractivity contribution in [2.45, 2.75) is 6.61 Å². The molecule has 6 heteroatoms. The van der Waals surface area contributed by atoms with Crippen molar-refractivity contribution in [1.29, 1.82) is 5.26 Å². The molecule has 28 heavy (non-hydrogen) atoms. The van der Waals surface area contributed by atoms with Crippen LogP contribution in [0, 0.1) is 11.3 Å². The van der Waals surface area contributed by atoms with Gasteiger partial charge in [-0.15, -0.1) is 0 Å². The summed E-state index contributed by atoms with van der Waals surface area (Å²) >= 11 is 0. The summed E-state index contributed by atoms with van der Waals surface area (Å²) in [6.07, 6.45) is 0. The molecule has 4 nitrogen and oxygen atoms in total. The first-order chi connectivity index (χ1) is 13.5. The molecule has 0 aromatic heterocycles. The highest BCUT2D eigenvalue weighted by atomic mass is 19.3. The Morgan fingerprint density at radius 2 is 1.39 bits per heavy atom. The Balaban J connectivity index is 1.58. The van der Waals surface area contributed by atoms with E-state index in [1.165, 1.54) is 24.3 Å². The molecule has 0 fully saturated rings. The van der Waals surface area contributed by atoms with Crippen LogP contribution in [0.4, 0.5) is 8.78 Å². The van der Waals surface area contributed by atoms with Crippen LogP contribution in [-0.2, 0) is 0 Å². The van der Waals surface area contributed by atoms with Crippen LogP contribution in [0.15, 0.2) is 72.8 Å². The van der Waals surface area contributed by atoms with Gasteiger partial charge in [0.05, 0.1) is 11.6 Å². The van der Waals surface area contributed by atoms with Crippen LogP contribution >= 0.6 is 0 Å². The summed E-state index contributed by atoms with van der Waals surface area (Å²) < 4.78 is 34.0. The number of alkyl halides is 2. The number of halogens is 2. The van der Waals surface area contributed by atoms with Gasteiger partial charge in [-0.05, 0) is 59.7 Å². The van der Waals surface area contributed by atoms with Crippen molar-refractivity contribution in [2.24, 2.45) is 0 Å². The predicted octanol–water partition coefficient (Wildman–Crippen LogP) is 5.09. The van der Waals surface area contributed by atoms with Crippen LogP contribution in [0.25, 0.3) is 11.1 Å². The van der Waals surface area contributed by atoms with Crippen LogP contribution in [-0.4, -0.2) is 19.0 Å². The van der Waals surface area contributed by atoms with E-state index < -0.39 is 6.61 Å². The number of ether oxygens (including phenoxy) is 2. The second kappa shape index (κ2) is 8.78. The standard InChI is InChI=1S/C22H15F2NO3/c23-22(24)28-20-11-7-18(8-12-20)21(26)14-27-19-9-5-17(6-10-19)16-3-1-15(13-25)2-4-16/h1-12,22H,14H2. The molecular weight excluding hydrogens is 364 g/mol. The summed E-state index contributed by atoms with van der Waals surface area (Å²) in [6.45, 7) is -3.08. The first-order valence-corrected chi connectivity index (χ1v) is 8.36. The number of ketones is 1. The quantitative estimate of drug-likeness (QED) is 0.537. The second-order valence-electron chi connectivity index (χ2n) is 5.83. The summed E-state index contributed by atoms with van der Waals surface area (Å²) in [5.74, 6) is 0.244. The average Bonchev–Trinajstić information content (AvgIpc) is 2.72. The number of carbonyl (C=O) groups excluding carboxylic acids is 1. The Morgan fingerprint density at radius 1 is 0.857 bits per heavy atom. The van der Waals surface area contributed by atoms with Crippen molar-refractivity contribution in [3.8, 4) is 28.7 Å². The molecule has 140 valence electrons. The summed E-state index contributed by atoms with van der Waals surface area (Å²) in [5, 5.41) is 8.84. The van der Waals surface area contributed by atoms with E-state index in [1.807, 2.05) is 24.3 Å². The molecule has 3 rings (SSSR count). The van der Waals surface area contributed by atoms with E-state index in [4.69, 9.17) is 10.00 Å². The van der Waals surface area contributed by atoms with Crippen molar-refractivity contribution in [3.63, 3.8) is 0 Å². The SMILES string of the molecule is N#Cc1ccc(-c2ccc(OCC(=O)c3ccc(OC(F)F)cc3)cc2)cc1. The minimum atomic E-state index is -2.91. The molecule has 0 aliphatic rings. The number of nitriles is 1. The van der Waals surface area contributed by atoms with Crippen LogP contribution in [0.2, 0.25) is 0 Å². The molecular formula is C22H15F2NO3. The number of rotatable bonds is 7. The first kappa shape index (κ1) is 19.1. The number of Topliss-reactive ketones (excluding diaryl/α,β-unsaturated/α-hetero) is 1. The van der Waals surface area contributed by atoms with Crippen LogP contribution in [0.3, 0.4) is 0 Å². The van der Waals surface area contributed by atoms with E-state index in [1.54, 1.807) is 24.3 Å². The maximum atomic E-state index is 12.2. The van der Waals surface area contributed by atoms with Crippen molar-refractivity contribution in [2.75, 3.05) is 6.61 Å². The molecule has 0 spiro atoms. The molecule has 0 atom stereocenters. The molecule has 3 aromatic rings. The van der Waals surface area contributed by atoms with Crippen molar-refractivity contribution < 1.29 is 23.0 Å². The van der Waals surface area contributed by atoms with E-state index in [-0.39, 0.29) is 18.1 Å². The molecule has 3 aromatic carbocycles. The van der Waals surface area contributed by atoms with E-state index in [0.717, 1.165) is 11.1 Å². The minimum Gasteiger partial charge on any atom is -0.485 e. The van der Waals surface area contributed by atoms with Gasteiger partial charge in [0.15, 0.2) is 12.4 Å². The van der Waals surface area contributed by atoms with Gasteiger partial charge in [0.25, 0.3) is 0 Å². The third-order valence-corrected chi connectivity index (χ3v) is 3.97. The maximum Gasteiger partial charge on any atom is 0.387 e. The third kappa shape index (κ3) is 4.92. The fourth-order valence-corrected chi connectivity index (χ4v) is 2.54. The van der Waals surface area contributed by atoms with Crippen LogP contribution in [0.5, 0.6) is 11.5 Å². The molecule has 0 bridgehead atoms. The largest absolute Gasteiger partial charge is 0.485 e. The summed E-state index contributed by atoms with van der Waals surface area (Å²) in [6, 6.07) is 22.0. The lowest BCUT2D eigenvalue weighted by Gasteiger charge is -2.08. The highest BCUT2D eigenvalue weighted by Crippen LogP contribution is 2.23. The number of hydrogen-bond donors (Lipinski definition) is 0. The lowest BCUT2D eigenvalue weighted by atomic mass is 10.0. The van der Waals surface area contributed by atoms with Crippen molar-refractivity contribution in [3.05, 3.63) is 83.9 Å². The first-order valence-electron chi connectivity index (χ1n) is 8.36. The van der Waals surface area contributed by atoms with E-state index >= 15 is 0 Å². The van der Waals surface area contributed by atoms with E-state index in [9.17, 15) is 13.6 Å².